The van der Waals surface area contributed by atoms with Crippen molar-refractivity contribution in [3.05, 3.63) is 59.8 Å². The third kappa shape index (κ3) is 4.51. The highest BCUT2D eigenvalue weighted by Gasteiger charge is 2.26. The number of hydrogen-bond donors (Lipinski definition) is 3. The Balaban J connectivity index is 1.79. The quantitative estimate of drug-likeness (QED) is 0.495. The molecular weight excluding hydrogens is 414 g/mol. The maximum atomic E-state index is 12.9. The van der Waals surface area contributed by atoms with Crippen LogP contribution >= 0.6 is 0 Å². The fraction of sp³-hybridized carbons (Fsp3) is 0.261. The van der Waals surface area contributed by atoms with E-state index in [1.807, 2.05) is 0 Å². The molecule has 168 valence electrons. The molecule has 0 aliphatic heterocycles. The first kappa shape index (κ1) is 22.7. The van der Waals surface area contributed by atoms with Gasteiger partial charge in [-0.05, 0) is 18.6 Å². The predicted octanol–water partition coefficient (Wildman–Crippen LogP) is 2.26. The Kier molecular flexibility index (Phi) is 6.67. The molecule has 0 spiro atoms. The molecule has 3 N–H and O–H groups in total. The second-order valence-corrected chi connectivity index (χ2v) is 7.24. The summed E-state index contributed by atoms with van der Waals surface area (Å²) >= 11 is 0. The number of rotatable bonds is 8. The molecule has 0 bridgehead atoms. The summed E-state index contributed by atoms with van der Waals surface area (Å²) in [5, 5.41) is 15.3. The van der Waals surface area contributed by atoms with E-state index in [1.165, 1.54) is 21.1 Å². The van der Waals surface area contributed by atoms with Crippen LogP contribution in [0.15, 0.2) is 48.5 Å². The summed E-state index contributed by atoms with van der Waals surface area (Å²) in [6.07, 6.45) is 0. The number of hydrogen-bond acceptors (Lipinski definition) is 5. The predicted molar refractivity (Wildman–Crippen MR) is 118 cm³/mol. The van der Waals surface area contributed by atoms with Crippen molar-refractivity contribution in [1.29, 1.82) is 0 Å². The molecule has 0 saturated heterocycles. The van der Waals surface area contributed by atoms with Gasteiger partial charge in [-0.2, -0.15) is 0 Å². The molecule has 2 amide bonds. The lowest BCUT2D eigenvalue weighted by atomic mass is 10.1. The lowest BCUT2D eigenvalue weighted by Gasteiger charge is -2.19. The Morgan fingerprint density at radius 2 is 1.69 bits per heavy atom. The Labute approximate surface area is 184 Å². The number of carboxylic acid groups (broad SMARTS) is 1. The van der Waals surface area contributed by atoms with E-state index in [9.17, 15) is 19.5 Å². The van der Waals surface area contributed by atoms with E-state index in [4.69, 9.17) is 9.47 Å². The van der Waals surface area contributed by atoms with Crippen LogP contribution < -0.4 is 20.1 Å². The van der Waals surface area contributed by atoms with Gasteiger partial charge >= 0.3 is 5.97 Å². The summed E-state index contributed by atoms with van der Waals surface area (Å²) in [6.45, 7) is 1.49. The summed E-state index contributed by atoms with van der Waals surface area (Å²) in [6, 6.07) is 11.3. The molecule has 2 unspecified atom stereocenters. The molecule has 3 aromatic rings. The fourth-order valence-corrected chi connectivity index (χ4v) is 3.41. The van der Waals surface area contributed by atoms with Gasteiger partial charge in [0.15, 0.2) is 6.04 Å². The lowest BCUT2D eigenvalue weighted by molar-refractivity contribution is -0.142. The Morgan fingerprint density at radius 3 is 2.28 bits per heavy atom. The number of benzene rings is 2. The number of aryl methyl sites for hydroxylation is 1. The molecule has 9 heteroatoms. The molecular formula is C23H25N3O6. The van der Waals surface area contributed by atoms with Crippen LogP contribution in [0.1, 0.15) is 29.0 Å². The molecule has 1 heterocycles. The van der Waals surface area contributed by atoms with Gasteiger partial charge in [0.25, 0.3) is 5.91 Å². The van der Waals surface area contributed by atoms with Crippen molar-refractivity contribution in [2.45, 2.75) is 19.0 Å². The number of aromatic nitrogens is 1. The third-order valence-corrected chi connectivity index (χ3v) is 5.19. The van der Waals surface area contributed by atoms with Crippen molar-refractivity contribution < 1.29 is 29.0 Å². The minimum atomic E-state index is -1.22. The summed E-state index contributed by atoms with van der Waals surface area (Å²) in [4.78, 5) is 37.1. The standard InChI is InChI=1S/C23H25N3O6/c1-13(21(27)25-20(23(29)30)14-8-6-5-7-9-14)24-22(28)18-12-16-17(26(18)2)10-15(31-3)11-19(16)32-4/h5-13,20H,1-4H3,(H,24,28)(H,25,27)(H,29,30). The first-order valence-corrected chi connectivity index (χ1v) is 9.87. The van der Waals surface area contributed by atoms with E-state index >= 15 is 0 Å². The van der Waals surface area contributed by atoms with Crippen molar-refractivity contribution in [2.75, 3.05) is 14.2 Å². The number of ether oxygens (including phenoxy) is 2. The number of fused-ring (bicyclic) bond motifs is 1. The maximum Gasteiger partial charge on any atom is 0.330 e. The van der Waals surface area contributed by atoms with Gasteiger partial charge in [0, 0.05) is 24.6 Å². The van der Waals surface area contributed by atoms with Crippen LogP contribution in [0.2, 0.25) is 0 Å². The number of carbonyl (C=O) groups is 3. The van der Waals surface area contributed by atoms with Gasteiger partial charge in [-0.25, -0.2) is 4.79 Å². The number of nitrogens with zero attached hydrogens (tertiary/aromatic N) is 1. The van der Waals surface area contributed by atoms with Crippen LogP contribution in [-0.4, -0.2) is 47.7 Å². The number of aliphatic carboxylic acids is 1. The van der Waals surface area contributed by atoms with Crippen molar-refractivity contribution in [3.8, 4) is 11.5 Å². The van der Waals surface area contributed by atoms with Crippen molar-refractivity contribution in [2.24, 2.45) is 7.05 Å². The number of carboxylic acids is 1. The van der Waals surface area contributed by atoms with Crippen LogP contribution in [0.5, 0.6) is 11.5 Å². The second kappa shape index (κ2) is 9.42. The Bertz CT molecular complexity index is 1160. The average molecular weight is 439 g/mol. The Morgan fingerprint density at radius 1 is 1.00 bits per heavy atom. The summed E-state index contributed by atoms with van der Waals surface area (Å²) in [7, 11) is 4.78. The summed E-state index contributed by atoms with van der Waals surface area (Å²) < 4.78 is 12.4. The molecule has 0 radical (unpaired) electrons. The fourth-order valence-electron chi connectivity index (χ4n) is 3.41. The number of methoxy groups -OCH3 is 2. The van der Waals surface area contributed by atoms with Crippen LogP contribution in [0.4, 0.5) is 0 Å². The third-order valence-electron chi connectivity index (χ3n) is 5.19. The van der Waals surface area contributed by atoms with Crippen LogP contribution in [-0.2, 0) is 16.6 Å². The largest absolute Gasteiger partial charge is 0.497 e. The van der Waals surface area contributed by atoms with E-state index in [2.05, 4.69) is 10.6 Å². The summed E-state index contributed by atoms with van der Waals surface area (Å²) in [5.74, 6) is -1.17. The van der Waals surface area contributed by atoms with E-state index in [0.29, 0.717) is 28.1 Å². The highest BCUT2D eigenvalue weighted by molar-refractivity contribution is 6.02. The van der Waals surface area contributed by atoms with Gasteiger partial charge < -0.3 is 29.8 Å². The minimum Gasteiger partial charge on any atom is -0.497 e. The van der Waals surface area contributed by atoms with Crippen LogP contribution in [0, 0.1) is 0 Å². The molecule has 9 nitrogen and oxygen atoms in total. The molecule has 1 aromatic heterocycles. The minimum absolute atomic E-state index is 0.309. The van der Waals surface area contributed by atoms with E-state index < -0.39 is 29.9 Å². The zero-order chi connectivity index (χ0) is 23.4. The maximum absolute atomic E-state index is 12.9. The lowest BCUT2D eigenvalue weighted by Crippen LogP contribution is -2.47. The highest BCUT2D eigenvalue weighted by atomic mass is 16.5. The van der Waals surface area contributed by atoms with Crippen molar-refractivity contribution in [3.63, 3.8) is 0 Å². The smallest absolute Gasteiger partial charge is 0.330 e. The van der Waals surface area contributed by atoms with E-state index in [0.717, 1.165) is 5.52 Å². The normalized spacial score (nSPS) is 12.6. The number of carbonyl (C=O) groups excluding carboxylic acids is 2. The van der Waals surface area contributed by atoms with Crippen molar-refractivity contribution in [1.82, 2.24) is 15.2 Å². The highest BCUT2D eigenvalue weighted by Crippen LogP contribution is 2.33. The molecule has 2 aromatic carbocycles. The molecule has 0 aliphatic carbocycles. The van der Waals surface area contributed by atoms with Crippen LogP contribution in [0.25, 0.3) is 10.9 Å². The van der Waals surface area contributed by atoms with Crippen molar-refractivity contribution >= 4 is 28.7 Å². The molecule has 3 rings (SSSR count). The molecule has 2 atom stereocenters. The zero-order valence-electron chi connectivity index (χ0n) is 18.2. The molecule has 0 fully saturated rings. The molecule has 0 saturated carbocycles. The first-order valence-electron chi connectivity index (χ1n) is 9.87. The van der Waals surface area contributed by atoms with Gasteiger partial charge in [0.2, 0.25) is 5.91 Å². The second-order valence-electron chi connectivity index (χ2n) is 7.24. The average Bonchev–Trinajstić information content (AvgIpc) is 3.13. The SMILES string of the molecule is COc1cc(OC)c2cc(C(=O)NC(C)C(=O)NC(C(=O)O)c3ccccc3)n(C)c2c1. The van der Waals surface area contributed by atoms with Gasteiger partial charge in [-0.3, -0.25) is 9.59 Å². The molecule has 0 aliphatic rings. The van der Waals surface area contributed by atoms with Gasteiger partial charge in [-0.1, -0.05) is 30.3 Å². The topological polar surface area (TPSA) is 119 Å². The van der Waals surface area contributed by atoms with Gasteiger partial charge in [-0.15, -0.1) is 0 Å². The molecule has 32 heavy (non-hydrogen) atoms. The van der Waals surface area contributed by atoms with E-state index in [-0.39, 0.29) is 0 Å². The van der Waals surface area contributed by atoms with Gasteiger partial charge in [0.05, 0.1) is 19.7 Å². The van der Waals surface area contributed by atoms with E-state index in [1.54, 1.807) is 60.1 Å². The number of amides is 2. The van der Waals surface area contributed by atoms with Gasteiger partial charge in [0.1, 0.15) is 23.2 Å². The monoisotopic (exact) mass is 439 g/mol. The zero-order valence-corrected chi connectivity index (χ0v) is 18.2. The van der Waals surface area contributed by atoms with Crippen LogP contribution in [0.3, 0.4) is 0 Å². The first-order chi connectivity index (χ1) is 15.3. The Hall–Kier alpha value is -4.01. The number of nitrogens with one attached hydrogen (secondary N) is 2. The summed E-state index contributed by atoms with van der Waals surface area (Å²) in [5.41, 5.74) is 1.46.